The number of benzene rings is 1. The molecule has 0 fully saturated rings. The number of nitrogens with zero attached hydrogens (tertiary/aromatic N) is 2. The number of ether oxygens (including phenoxy) is 1. The third kappa shape index (κ3) is 13.3. The molecule has 0 radical (unpaired) electrons. The van der Waals surface area contributed by atoms with E-state index in [1.54, 1.807) is 18.0 Å². The third-order valence-corrected chi connectivity index (χ3v) is 4.09. The first-order valence-corrected chi connectivity index (χ1v) is 10.5. The van der Waals surface area contributed by atoms with Crippen LogP contribution in [0.1, 0.15) is 46.1 Å². The summed E-state index contributed by atoms with van der Waals surface area (Å²) in [6.07, 6.45) is 8.18. The van der Waals surface area contributed by atoms with Crippen molar-refractivity contribution in [1.82, 2.24) is 4.90 Å². The zero-order valence-corrected chi connectivity index (χ0v) is 19.3. The van der Waals surface area contributed by atoms with Crippen LogP contribution in [0.5, 0.6) is 0 Å². The lowest BCUT2D eigenvalue weighted by Gasteiger charge is -2.26. The molecule has 0 heterocycles. The minimum absolute atomic E-state index is 0.223. The fraction of sp³-hybridized carbons (Fsp3) is 0.480. The van der Waals surface area contributed by atoms with Gasteiger partial charge >= 0.3 is 6.09 Å². The zero-order chi connectivity index (χ0) is 22.5. The van der Waals surface area contributed by atoms with Gasteiger partial charge in [-0.05, 0) is 44.7 Å². The number of rotatable bonds is 10. The summed E-state index contributed by atoms with van der Waals surface area (Å²) in [5.41, 5.74) is 2.68. The van der Waals surface area contributed by atoms with Crippen molar-refractivity contribution in [3.8, 4) is 0 Å². The molecule has 0 saturated carbocycles. The van der Waals surface area contributed by atoms with Gasteiger partial charge in [0, 0.05) is 32.4 Å². The van der Waals surface area contributed by atoms with Crippen LogP contribution < -0.4 is 4.90 Å². The number of amides is 1. The van der Waals surface area contributed by atoms with Crippen LogP contribution in [0.3, 0.4) is 0 Å². The van der Waals surface area contributed by atoms with Gasteiger partial charge in [-0.1, -0.05) is 56.9 Å². The molecule has 4 nitrogen and oxygen atoms in total. The molecule has 0 saturated heterocycles. The van der Waals surface area contributed by atoms with Crippen molar-refractivity contribution in [3.05, 3.63) is 67.8 Å². The molecule has 0 aliphatic carbocycles. The minimum Gasteiger partial charge on any atom is -0.449 e. The van der Waals surface area contributed by atoms with Gasteiger partial charge in [-0.15, -0.1) is 13.2 Å². The minimum atomic E-state index is -0.223. The van der Waals surface area contributed by atoms with Crippen molar-refractivity contribution in [1.29, 1.82) is 0 Å². The lowest BCUT2D eigenvalue weighted by molar-refractivity contribution is 0.111. The molecule has 0 spiro atoms. The smallest absolute Gasteiger partial charge is 0.409 e. The number of carbonyl (C=O) groups excluding carboxylic acids is 1. The maximum absolute atomic E-state index is 11.7. The van der Waals surface area contributed by atoms with E-state index in [0.29, 0.717) is 13.2 Å². The number of allylic oxidation sites excluding steroid dienone is 3. The number of aryl methyl sites for hydroxylation is 1. The second-order valence-electron chi connectivity index (χ2n) is 6.21. The van der Waals surface area contributed by atoms with E-state index >= 15 is 0 Å². The third-order valence-electron chi connectivity index (χ3n) is 4.09. The van der Waals surface area contributed by atoms with Crippen LogP contribution >= 0.6 is 0 Å². The number of para-hydroxylation sites is 1. The molecule has 1 aromatic rings. The van der Waals surface area contributed by atoms with Crippen molar-refractivity contribution in [2.45, 2.75) is 47.0 Å². The fourth-order valence-electron chi connectivity index (χ4n) is 2.59. The van der Waals surface area contributed by atoms with Gasteiger partial charge in [0.15, 0.2) is 0 Å². The van der Waals surface area contributed by atoms with Crippen molar-refractivity contribution in [2.75, 3.05) is 38.2 Å². The molecular weight excluding hydrogens is 360 g/mol. The molecule has 0 aliphatic rings. The molecular formula is C25H42N2O2. The van der Waals surface area contributed by atoms with Gasteiger partial charge in [-0.2, -0.15) is 0 Å². The van der Waals surface area contributed by atoms with Crippen LogP contribution in [-0.2, 0) is 11.2 Å². The average Bonchev–Trinajstić information content (AvgIpc) is 2.77. The van der Waals surface area contributed by atoms with E-state index in [-0.39, 0.29) is 6.09 Å². The maximum Gasteiger partial charge on any atom is 0.409 e. The molecule has 1 rings (SSSR count). The van der Waals surface area contributed by atoms with Crippen molar-refractivity contribution in [3.63, 3.8) is 0 Å². The van der Waals surface area contributed by atoms with Crippen LogP contribution in [0.4, 0.5) is 10.5 Å². The monoisotopic (exact) mass is 402 g/mol. The molecule has 29 heavy (non-hydrogen) atoms. The van der Waals surface area contributed by atoms with Crippen molar-refractivity contribution < 1.29 is 9.53 Å². The number of anilines is 1. The topological polar surface area (TPSA) is 32.8 Å². The summed E-state index contributed by atoms with van der Waals surface area (Å²) in [5.74, 6) is 0. The molecule has 0 aliphatic heterocycles. The molecule has 1 amide bonds. The first kappa shape index (κ1) is 28.7. The highest BCUT2D eigenvalue weighted by molar-refractivity contribution is 5.67. The highest BCUT2D eigenvalue weighted by atomic mass is 16.6. The Morgan fingerprint density at radius 3 is 2.28 bits per heavy atom. The number of hydrogen-bond donors (Lipinski definition) is 0. The van der Waals surface area contributed by atoms with E-state index in [1.807, 2.05) is 26.0 Å². The summed E-state index contributed by atoms with van der Waals surface area (Å²) in [4.78, 5) is 15.7. The van der Waals surface area contributed by atoms with Crippen LogP contribution in [0.2, 0.25) is 0 Å². The molecule has 1 aromatic carbocycles. The van der Waals surface area contributed by atoms with Gasteiger partial charge in [0.1, 0.15) is 0 Å². The van der Waals surface area contributed by atoms with Crippen molar-refractivity contribution in [2.24, 2.45) is 0 Å². The Balaban J connectivity index is 0. The van der Waals surface area contributed by atoms with E-state index in [9.17, 15) is 4.79 Å². The Morgan fingerprint density at radius 2 is 1.79 bits per heavy atom. The Labute approximate surface area is 179 Å². The summed E-state index contributed by atoms with van der Waals surface area (Å²) in [6.45, 7) is 20.9. The van der Waals surface area contributed by atoms with Gasteiger partial charge in [-0.3, -0.25) is 0 Å². The highest BCUT2D eigenvalue weighted by Crippen LogP contribution is 2.20. The summed E-state index contributed by atoms with van der Waals surface area (Å²) in [5, 5.41) is 0. The summed E-state index contributed by atoms with van der Waals surface area (Å²) in [6, 6.07) is 8.55. The molecule has 0 unspecified atom stereocenters. The highest BCUT2D eigenvalue weighted by Gasteiger charge is 2.11. The summed E-state index contributed by atoms with van der Waals surface area (Å²) in [7, 11) is 1.80. The van der Waals surface area contributed by atoms with Gasteiger partial charge in [0.25, 0.3) is 0 Å². The van der Waals surface area contributed by atoms with Gasteiger partial charge < -0.3 is 14.5 Å². The molecule has 0 atom stereocenters. The second-order valence-corrected chi connectivity index (χ2v) is 6.21. The normalized spacial score (nSPS) is 9.55. The van der Waals surface area contributed by atoms with E-state index in [0.717, 1.165) is 32.4 Å². The standard InChI is InChI=1S/C18H30N2O2.C5H8.C2H4/c1-5-15-22-18(21)19(4)13-10-14-20(7-3)17-12-9-8-11-16(17)6-2;1-3-5-4-2;1-2/h8-9,11-12H,5-7,10,13-15H2,1-4H3;3-5H,1H2,2H3;1-2H2/b;5-4-;. The average molecular weight is 403 g/mol. The molecule has 0 aromatic heterocycles. The van der Waals surface area contributed by atoms with E-state index in [2.05, 4.69) is 62.7 Å². The molecule has 4 heteroatoms. The Bertz CT molecular complexity index is 570. The number of carbonyl (C=O) groups is 1. The largest absolute Gasteiger partial charge is 0.449 e. The Hall–Kier alpha value is -2.49. The second kappa shape index (κ2) is 20.2. The zero-order valence-electron chi connectivity index (χ0n) is 19.3. The molecule has 0 bridgehead atoms. The fourth-order valence-corrected chi connectivity index (χ4v) is 2.59. The summed E-state index contributed by atoms with van der Waals surface area (Å²) >= 11 is 0. The first-order chi connectivity index (χ1) is 14.0. The molecule has 164 valence electrons. The SMILES string of the molecule is C=C.C=C/C=C\C.CCCOC(=O)N(C)CCCN(CC)c1ccccc1CC. The van der Waals surface area contributed by atoms with E-state index in [4.69, 9.17) is 4.74 Å². The lowest BCUT2D eigenvalue weighted by atomic mass is 10.1. The van der Waals surface area contributed by atoms with Crippen LogP contribution in [-0.4, -0.2) is 44.3 Å². The predicted molar refractivity (Wildman–Crippen MR) is 129 cm³/mol. The lowest BCUT2D eigenvalue weighted by Crippen LogP contribution is -2.32. The van der Waals surface area contributed by atoms with Gasteiger partial charge in [0.2, 0.25) is 0 Å². The van der Waals surface area contributed by atoms with E-state index < -0.39 is 0 Å². The van der Waals surface area contributed by atoms with E-state index in [1.165, 1.54) is 11.3 Å². The van der Waals surface area contributed by atoms with Crippen LogP contribution in [0.25, 0.3) is 0 Å². The quantitative estimate of drug-likeness (QED) is 0.331. The first-order valence-electron chi connectivity index (χ1n) is 10.5. The van der Waals surface area contributed by atoms with Crippen LogP contribution in [0, 0.1) is 0 Å². The Kier molecular flexibility index (Phi) is 20.1. The van der Waals surface area contributed by atoms with Crippen LogP contribution in [0.15, 0.2) is 62.2 Å². The predicted octanol–water partition coefficient (Wildman–Crippen LogP) is 6.49. The summed E-state index contributed by atoms with van der Waals surface area (Å²) < 4.78 is 5.13. The van der Waals surface area contributed by atoms with Gasteiger partial charge in [0.05, 0.1) is 6.61 Å². The van der Waals surface area contributed by atoms with Gasteiger partial charge in [-0.25, -0.2) is 4.79 Å². The molecule has 0 N–H and O–H groups in total. The van der Waals surface area contributed by atoms with Crippen molar-refractivity contribution >= 4 is 11.8 Å². The Morgan fingerprint density at radius 1 is 1.14 bits per heavy atom. The number of hydrogen-bond acceptors (Lipinski definition) is 3. The maximum atomic E-state index is 11.7.